The quantitative estimate of drug-likeness (QED) is 0.791. The molecule has 0 spiro atoms. The first kappa shape index (κ1) is 10.8. The maximum Gasteiger partial charge on any atom is 0.192 e. The molecule has 0 saturated carbocycles. The Morgan fingerprint density at radius 1 is 1.38 bits per heavy atom. The lowest BCUT2D eigenvalue weighted by atomic mass is 10.1. The fourth-order valence-electron chi connectivity index (χ4n) is 2.10. The molecule has 1 aliphatic rings. The van der Waals surface area contributed by atoms with Gasteiger partial charge in [-0.2, -0.15) is 0 Å². The molecule has 3 N–H and O–H groups in total. The molecule has 1 aromatic carbocycles. The molecular formula is C12H17N3O. The second-order valence-electron chi connectivity index (χ2n) is 4.31. The van der Waals surface area contributed by atoms with E-state index in [2.05, 4.69) is 23.7 Å². The molecule has 1 heterocycles. The topological polar surface area (TPSA) is 61.8 Å². The SMILES string of the molecule is CC(C)N1C(N)=NCC1c1ccc(O)cc1. The van der Waals surface area contributed by atoms with Gasteiger partial charge in [0.2, 0.25) is 0 Å². The highest BCUT2D eigenvalue weighted by Crippen LogP contribution is 2.28. The van der Waals surface area contributed by atoms with Crippen LogP contribution in [0.1, 0.15) is 25.5 Å². The highest BCUT2D eigenvalue weighted by Gasteiger charge is 2.29. The molecule has 86 valence electrons. The summed E-state index contributed by atoms with van der Waals surface area (Å²) in [6.45, 7) is 4.89. The van der Waals surface area contributed by atoms with E-state index in [0.29, 0.717) is 18.5 Å². The predicted molar refractivity (Wildman–Crippen MR) is 64.3 cm³/mol. The highest BCUT2D eigenvalue weighted by molar-refractivity contribution is 5.80. The monoisotopic (exact) mass is 219 g/mol. The number of aliphatic imine (C=N–C) groups is 1. The maximum atomic E-state index is 9.26. The average molecular weight is 219 g/mol. The number of benzene rings is 1. The molecule has 2 rings (SSSR count). The van der Waals surface area contributed by atoms with Gasteiger partial charge in [0.15, 0.2) is 5.96 Å². The van der Waals surface area contributed by atoms with Crippen LogP contribution in [0.4, 0.5) is 0 Å². The Bertz CT molecular complexity index is 397. The van der Waals surface area contributed by atoms with Crippen LogP contribution in [0.2, 0.25) is 0 Å². The molecule has 16 heavy (non-hydrogen) atoms. The molecule has 1 aliphatic heterocycles. The molecule has 1 unspecified atom stereocenters. The third-order valence-electron chi connectivity index (χ3n) is 2.86. The van der Waals surface area contributed by atoms with E-state index in [1.807, 2.05) is 12.1 Å². The third kappa shape index (κ3) is 1.83. The second-order valence-corrected chi connectivity index (χ2v) is 4.31. The van der Waals surface area contributed by atoms with E-state index in [1.165, 1.54) is 0 Å². The number of nitrogens with zero attached hydrogens (tertiary/aromatic N) is 2. The Kier molecular flexibility index (Phi) is 2.73. The van der Waals surface area contributed by atoms with E-state index < -0.39 is 0 Å². The zero-order valence-corrected chi connectivity index (χ0v) is 9.59. The standard InChI is InChI=1S/C12H17N3O/c1-8(2)15-11(7-14-12(15)13)9-3-5-10(16)6-4-9/h3-6,8,11,16H,7H2,1-2H3,(H2,13,14). The molecule has 0 radical (unpaired) electrons. The summed E-state index contributed by atoms with van der Waals surface area (Å²) in [7, 11) is 0. The molecular weight excluding hydrogens is 202 g/mol. The lowest BCUT2D eigenvalue weighted by Crippen LogP contribution is -2.40. The number of rotatable bonds is 2. The van der Waals surface area contributed by atoms with Crippen molar-refractivity contribution >= 4 is 5.96 Å². The lowest BCUT2D eigenvalue weighted by molar-refractivity contribution is 0.290. The maximum absolute atomic E-state index is 9.26. The van der Waals surface area contributed by atoms with Crippen molar-refractivity contribution in [2.75, 3.05) is 6.54 Å². The summed E-state index contributed by atoms with van der Waals surface area (Å²) >= 11 is 0. The van der Waals surface area contributed by atoms with Crippen molar-refractivity contribution in [2.45, 2.75) is 25.9 Å². The zero-order chi connectivity index (χ0) is 11.7. The van der Waals surface area contributed by atoms with Gasteiger partial charge in [-0.3, -0.25) is 4.99 Å². The number of phenols is 1. The van der Waals surface area contributed by atoms with Gasteiger partial charge in [-0.25, -0.2) is 0 Å². The Balaban J connectivity index is 2.25. The summed E-state index contributed by atoms with van der Waals surface area (Å²) in [5.74, 6) is 0.889. The van der Waals surface area contributed by atoms with Gasteiger partial charge in [0.05, 0.1) is 12.6 Å². The van der Waals surface area contributed by atoms with Crippen LogP contribution in [-0.4, -0.2) is 28.6 Å². The van der Waals surface area contributed by atoms with Crippen molar-refractivity contribution in [3.63, 3.8) is 0 Å². The van der Waals surface area contributed by atoms with Gasteiger partial charge >= 0.3 is 0 Å². The molecule has 0 fully saturated rings. The average Bonchev–Trinajstić information content (AvgIpc) is 2.61. The van der Waals surface area contributed by atoms with Crippen LogP contribution in [0, 0.1) is 0 Å². The molecule has 1 atom stereocenters. The Morgan fingerprint density at radius 2 is 2.00 bits per heavy atom. The minimum absolute atomic E-state index is 0.195. The summed E-state index contributed by atoms with van der Waals surface area (Å²) in [5.41, 5.74) is 7.00. The molecule has 0 saturated heterocycles. The number of hydrogen-bond acceptors (Lipinski definition) is 4. The van der Waals surface area contributed by atoms with Crippen molar-refractivity contribution in [2.24, 2.45) is 10.7 Å². The van der Waals surface area contributed by atoms with Crippen LogP contribution in [-0.2, 0) is 0 Å². The Hall–Kier alpha value is -1.71. The second kappa shape index (κ2) is 4.04. The van der Waals surface area contributed by atoms with Crippen LogP contribution in [0.25, 0.3) is 0 Å². The van der Waals surface area contributed by atoms with Gasteiger partial charge in [0.25, 0.3) is 0 Å². The Labute approximate surface area is 95.4 Å². The highest BCUT2D eigenvalue weighted by atomic mass is 16.3. The summed E-state index contributed by atoms with van der Waals surface area (Å²) in [5, 5.41) is 9.26. The minimum atomic E-state index is 0.195. The van der Waals surface area contributed by atoms with Gasteiger partial charge in [-0.05, 0) is 31.5 Å². The molecule has 0 bridgehead atoms. The summed E-state index contributed by atoms with van der Waals surface area (Å²) < 4.78 is 0. The van der Waals surface area contributed by atoms with E-state index in [9.17, 15) is 5.11 Å². The summed E-state index contributed by atoms with van der Waals surface area (Å²) in [6, 6.07) is 7.75. The Morgan fingerprint density at radius 3 is 2.56 bits per heavy atom. The minimum Gasteiger partial charge on any atom is -0.508 e. The number of nitrogens with two attached hydrogens (primary N) is 1. The number of hydrogen-bond donors (Lipinski definition) is 2. The number of aromatic hydroxyl groups is 1. The van der Waals surface area contributed by atoms with Crippen LogP contribution in [0.15, 0.2) is 29.3 Å². The summed E-state index contributed by atoms with van der Waals surface area (Å²) in [4.78, 5) is 6.38. The van der Waals surface area contributed by atoms with Gasteiger partial charge in [-0.1, -0.05) is 12.1 Å². The van der Waals surface area contributed by atoms with Crippen molar-refractivity contribution in [3.8, 4) is 5.75 Å². The molecule has 4 nitrogen and oxygen atoms in total. The van der Waals surface area contributed by atoms with Gasteiger partial charge in [0, 0.05) is 6.04 Å². The fraction of sp³-hybridized carbons (Fsp3) is 0.417. The molecule has 4 heteroatoms. The zero-order valence-electron chi connectivity index (χ0n) is 9.59. The van der Waals surface area contributed by atoms with E-state index in [0.717, 1.165) is 5.56 Å². The first-order valence-electron chi connectivity index (χ1n) is 5.47. The van der Waals surface area contributed by atoms with E-state index in [4.69, 9.17) is 5.73 Å². The molecule has 0 aliphatic carbocycles. The first-order chi connectivity index (χ1) is 7.59. The van der Waals surface area contributed by atoms with Crippen molar-refractivity contribution in [1.82, 2.24) is 4.90 Å². The van der Waals surface area contributed by atoms with Crippen molar-refractivity contribution < 1.29 is 5.11 Å². The number of phenolic OH excluding ortho intramolecular Hbond substituents is 1. The van der Waals surface area contributed by atoms with Crippen LogP contribution >= 0.6 is 0 Å². The van der Waals surface area contributed by atoms with E-state index in [1.54, 1.807) is 12.1 Å². The van der Waals surface area contributed by atoms with Gasteiger partial charge in [0.1, 0.15) is 5.75 Å². The normalized spacial score (nSPS) is 20.3. The predicted octanol–water partition coefficient (Wildman–Crippen LogP) is 1.47. The smallest absolute Gasteiger partial charge is 0.192 e. The first-order valence-corrected chi connectivity index (χ1v) is 5.47. The lowest BCUT2D eigenvalue weighted by Gasteiger charge is -2.30. The third-order valence-corrected chi connectivity index (χ3v) is 2.86. The number of guanidine groups is 1. The van der Waals surface area contributed by atoms with E-state index >= 15 is 0 Å². The van der Waals surface area contributed by atoms with Crippen molar-refractivity contribution in [1.29, 1.82) is 0 Å². The largest absolute Gasteiger partial charge is 0.508 e. The van der Waals surface area contributed by atoms with Crippen LogP contribution in [0.5, 0.6) is 5.75 Å². The van der Waals surface area contributed by atoms with E-state index in [-0.39, 0.29) is 11.8 Å². The molecule has 1 aromatic rings. The molecule has 0 amide bonds. The van der Waals surface area contributed by atoms with Crippen LogP contribution < -0.4 is 5.73 Å². The molecule has 0 aromatic heterocycles. The van der Waals surface area contributed by atoms with Crippen LogP contribution in [0.3, 0.4) is 0 Å². The fourth-order valence-corrected chi connectivity index (χ4v) is 2.10. The van der Waals surface area contributed by atoms with Gasteiger partial charge < -0.3 is 15.7 Å². The van der Waals surface area contributed by atoms with Gasteiger partial charge in [-0.15, -0.1) is 0 Å². The van der Waals surface area contributed by atoms with Crippen molar-refractivity contribution in [3.05, 3.63) is 29.8 Å². The summed E-state index contributed by atoms with van der Waals surface area (Å²) in [6.07, 6.45) is 0.